The average Bonchev–Trinajstić information content (AvgIpc) is 3.39. The molecule has 39 heavy (non-hydrogen) atoms. The number of carbonyl (C=O) groups excluding carboxylic acids is 1. The highest BCUT2D eigenvalue weighted by atomic mass is 35.5. The van der Waals surface area contributed by atoms with E-state index in [-0.39, 0.29) is 36.5 Å². The van der Waals surface area contributed by atoms with Crippen molar-refractivity contribution in [3.05, 3.63) is 64.1 Å². The van der Waals surface area contributed by atoms with Crippen LogP contribution in [0.3, 0.4) is 0 Å². The lowest BCUT2D eigenvalue weighted by Gasteiger charge is -2.34. The molecule has 0 radical (unpaired) electrons. The van der Waals surface area contributed by atoms with Gasteiger partial charge in [0.25, 0.3) is 5.91 Å². The number of aromatic nitrogens is 2. The minimum atomic E-state index is -0.507. The van der Waals surface area contributed by atoms with Gasteiger partial charge in [-0.15, -0.1) is 0 Å². The van der Waals surface area contributed by atoms with Gasteiger partial charge in [-0.1, -0.05) is 18.5 Å². The van der Waals surface area contributed by atoms with E-state index < -0.39 is 5.82 Å². The maximum atomic E-state index is 14.7. The third kappa shape index (κ3) is 5.27. The van der Waals surface area contributed by atoms with Gasteiger partial charge in [-0.3, -0.25) is 4.79 Å². The summed E-state index contributed by atoms with van der Waals surface area (Å²) >= 11 is 6.24. The van der Waals surface area contributed by atoms with Gasteiger partial charge in [0.1, 0.15) is 11.9 Å². The first-order valence-electron chi connectivity index (χ1n) is 13.5. The van der Waals surface area contributed by atoms with Crippen LogP contribution in [0.25, 0.3) is 5.57 Å². The van der Waals surface area contributed by atoms with E-state index >= 15 is 0 Å². The van der Waals surface area contributed by atoms with E-state index in [1.54, 1.807) is 6.20 Å². The second-order valence-corrected chi connectivity index (χ2v) is 10.9. The molecule has 2 aromatic rings. The molecular weight excluding hydrogens is 523 g/mol. The lowest BCUT2D eigenvalue weighted by molar-refractivity contribution is -0.0171. The van der Waals surface area contributed by atoms with Crippen LogP contribution in [0.15, 0.2) is 35.8 Å². The summed E-state index contributed by atoms with van der Waals surface area (Å²) in [5.74, 6) is 0.931. The van der Waals surface area contributed by atoms with E-state index in [2.05, 4.69) is 32.8 Å². The zero-order chi connectivity index (χ0) is 26.9. The highest BCUT2D eigenvalue weighted by Gasteiger charge is 2.35. The van der Waals surface area contributed by atoms with E-state index in [9.17, 15) is 9.18 Å². The van der Waals surface area contributed by atoms with Gasteiger partial charge in [-0.2, -0.15) is 0 Å². The summed E-state index contributed by atoms with van der Waals surface area (Å²) in [7, 11) is 0. The third-order valence-corrected chi connectivity index (χ3v) is 8.09. The van der Waals surface area contributed by atoms with Crippen molar-refractivity contribution in [2.75, 3.05) is 31.7 Å². The number of halogens is 2. The zero-order valence-corrected chi connectivity index (χ0v) is 22.6. The summed E-state index contributed by atoms with van der Waals surface area (Å²) in [4.78, 5) is 24.3. The molecule has 0 bridgehead atoms. The predicted molar refractivity (Wildman–Crippen MR) is 145 cm³/mol. The molecular formula is C28H32ClFN6O3. The van der Waals surface area contributed by atoms with E-state index in [1.165, 1.54) is 6.20 Å². The summed E-state index contributed by atoms with van der Waals surface area (Å²) in [5.41, 5.74) is 3.48. The number of rotatable bonds is 6. The van der Waals surface area contributed by atoms with Gasteiger partial charge in [0, 0.05) is 54.1 Å². The van der Waals surface area contributed by atoms with Crippen molar-refractivity contribution < 1.29 is 18.7 Å². The molecule has 9 nitrogen and oxygen atoms in total. The molecule has 0 saturated carbocycles. The maximum absolute atomic E-state index is 14.7. The van der Waals surface area contributed by atoms with Gasteiger partial charge in [-0.05, 0) is 49.3 Å². The second kappa shape index (κ2) is 11.0. The van der Waals surface area contributed by atoms with Crippen molar-refractivity contribution in [3.8, 4) is 5.75 Å². The molecule has 0 aliphatic carbocycles. The molecule has 1 aromatic carbocycles. The van der Waals surface area contributed by atoms with Crippen molar-refractivity contribution in [1.29, 1.82) is 0 Å². The van der Waals surface area contributed by atoms with Crippen LogP contribution in [0.5, 0.6) is 5.75 Å². The topological polar surface area (TPSA) is 101 Å². The van der Waals surface area contributed by atoms with Crippen LogP contribution in [-0.4, -0.2) is 53.4 Å². The predicted octanol–water partition coefficient (Wildman–Crippen LogP) is 3.97. The Morgan fingerprint density at radius 3 is 3.05 bits per heavy atom. The number of allylic oxidation sites excluding steroid dienone is 1. The van der Waals surface area contributed by atoms with Crippen LogP contribution < -0.4 is 20.7 Å². The van der Waals surface area contributed by atoms with Crippen molar-refractivity contribution in [1.82, 2.24) is 25.5 Å². The van der Waals surface area contributed by atoms with E-state index in [0.717, 1.165) is 41.0 Å². The van der Waals surface area contributed by atoms with E-state index in [1.807, 2.05) is 23.2 Å². The fourth-order valence-electron chi connectivity index (χ4n) is 5.76. The SMILES string of the molecule is CCc1cc2c(c(C(=O)N3CCCC(CNc4nc(C5=CNC6NC=C(Cl)CC56)ncc4F)C3)c1)OCOC2. The van der Waals surface area contributed by atoms with Gasteiger partial charge in [0.05, 0.1) is 18.4 Å². The Morgan fingerprint density at radius 2 is 2.18 bits per heavy atom. The highest BCUT2D eigenvalue weighted by molar-refractivity contribution is 6.29. The number of likely N-dealkylation sites (tertiary alicyclic amines) is 1. The number of hydrogen-bond acceptors (Lipinski definition) is 8. The van der Waals surface area contributed by atoms with Crippen molar-refractivity contribution in [2.24, 2.45) is 11.8 Å². The quantitative estimate of drug-likeness (QED) is 0.493. The van der Waals surface area contributed by atoms with E-state index in [0.29, 0.717) is 49.8 Å². The molecule has 4 aliphatic rings. The standard InChI is InChI=1S/C28H32ClFN6O3/c1-2-16-6-18-14-38-15-39-24(18)21(7-16)28(37)36-5-3-4-17(13-36)9-31-27-23(30)12-34-26(35-27)22-11-33-25-20(22)8-19(29)10-32-25/h6-7,10-12,17,20,25,32-33H,2-5,8-9,13-15H2,1H3,(H,31,34,35). The fraction of sp³-hybridized carbons (Fsp3) is 0.464. The number of hydrogen-bond donors (Lipinski definition) is 3. The molecule has 0 spiro atoms. The van der Waals surface area contributed by atoms with Gasteiger partial charge >= 0.3 is 0 Å². The Morgan fingerprint density at radius 1 is 1.31 bits per heavy atom. The van der Waals surface area contributed by atoms with Crippen LogP contribution in [0, 0.1) is 17.7 Å². The van der Waals surface area contributed by atoms with Crippen LogP contribution in [0.1, 0.15) is 53.5 Å². The second-order valence-electron chi connectivity index (χ2n) is 10.4. The lowest BCUT2D eigenvalue weighted by Crippen LogP contribution is -2.42. The van der Waals surface area contributed by atoms with Crippen LogP contribution >= 0.6 is 11.6 Å². The molecule has 1 amide bonds. The van der Waals surface area contributed by atoms with Gasteiger partial charge < -0.3 is 30.3 Å². The zero-order valence-electron chi connectivity index (χ0n) is 21.8. The van der Waals surface area contributed by atoms with Crippen LogP contribution in [-0.2, 0) is 17.8 Å². The Bertz CT molecular complexity index is 1330. The third-order valence-electron chi connectivity index (χ3n) is 7.83. The van der Waals surface area contributed by atoms with Gasteiger partial charge in [-0.25, -0.2) is 14.4 Å². The minimum Gasteiger partial charge on any atom is -0.466 e. The van der Waals surface area contributed by atoms with Crippen molar-refractivity contribution in [3.63, 3.8) is 0 Å². The molecule has 3 unspecified atom stereocenters. The number of nitrogens with zero attached hydrogens (tertiary/aromatic N) is 3. The largest absolute Gasteiger partial charge is 0.466 e. The molecule has 1 fully saturated rings. The number of piperidine rings is 1. The van der Waals surface area contributed by atoms with Crippen molar-refractivity contribution in [2.45, 2.75) is 45.4 Å². The number of benzene rings is 1. The Labute approximate surface area is 231 Å². The summed E-state index contributed by atoms with van der Waals surface area (Å²) in [6, 6.07) is 3.99. The average molecular weight is 555 g/mol. The molecule has 206 valence electrons. The monoisotopic (exact) mass is 554 g/mol. The Balaban J connectivity index is 1.13. The van der Waals surface area contributed by atoms with Crippen LogP contribution in [0.4, 0.5) is 10.2 Å². The summed E-state index contributed by atoms with van der Waals surface area (Å²) < 4.78 is 25.9. The van der Waals surface area contributed by atoms with Gasteiger partial charge in [0.15, 0.2) is 24.3 Å². The number of fused-ring (bicyclic) bond motifs is 2. The number of amides is 1. The summed E-state index contributed by atoms with van der Waals surface area (Å²) in [5, 5.41) is 10.4. The Kier molecular flexibility index (Phi) is 7.31. The molecule has 11 heteroatoms. The Hall–Kier alpha value is -3.37. The smallest absolute Gasteiger partial charge is 0.257 e. The highest BCUT2D eigenvalue weighted by Crippen LogP contribution is 2.36. The molecule has 6 rings (SSSR count). The normalized spacial score (nSPS) is 23.9. The number of carbonyl (C=O) groups is 1. The number of aryl methyl sites for hydroxylation is 1. The first kappa shape index (κ1) is 25.9. The first-order valence-corrected chi connectivity index (χ1v) is 13.9. The molecule has 4 aliphatic heterocycles. The fourth-order valence-corrected chi connectivity index (χ4v) is 5.99. The molecule has 5 heterocycles. The molecule has 3 atom stereocenters. The van der Waals surface area contributed by atoms with Crippen LogP contribution in [0.2, 0.25) is 0 Å². The molecule has 1 saturated heterocycles. The van der Waals surface area contributed by atoms with E-state index in [4.69, 9.17) is 21.1 Å². The number of nitrogens with one attached hydrogen (secondary N) is 3. The van der Waals surface area contributed by atoms with Gasteiger partial charge in [0.2, 0.25) is 0 Å². The summed E-state index contributed by atoms with van der Waals surface area (Å²) in [6.45, 7) is 4.40. The van der Waals surface area contributed by atoms with Crippen molar-refractivity contribution >= 4 is 28.9 Å². The molecule has 1 aromatic heterocycles. The lowest BCUT2D eigenvalue weighted by atomic mass is 9.93. The summed E-state index contributed by atoms with van der Waals surface area (Å²) in [6.07, 6.45) is 8.17. The first-order chi connectivity index (χ1) is 19.0. The molecule has 3 N–H and O–H groups in total. The minimum absolute atomic E-state index is 0.0138. The number of anilines is 1. The maximum Gasteiger partial charge on any atom is 0.257 e. The number of ether oxygens (including phenoxy) is 2.